The summed E-state index contributed by atoms with van der Waals surface area (Å²) in [6, 6.07) is 8.34. The predicted molar refractivity (Wildman–Crippen MR) is 68.7 cm³/mol. The second kappa shape index (κ2) is 4.10. The Kier molecular flexibility index (Phi) is 2.79. The third-order valence-electron chi connectivity index (χ3n) is 2.82. The topological polar surface area (TPSA) is 42.2 Å². The number of nitrogens with zero attached hydrogens (tertiary/aromatic N) is 2. The number of para-hydroxylation sites is 1. The van der Waals surface area contributed by atoms with E-state index in [0.29, 0.717) is 6.54 Å². The molecule has 16 heavy (non-hydrogen) atoms. The number of anilines is 1. The van der Waals surface area contributed by atoms with Crippen LogP contribution in [-0.4, -0.2) is 19.1 Å². The van der Waals surface area contributed by atoms with Crippen molar-refractivity contribution in [2.24, 2.45) is 5.73 Å². The van der Waals surface area contributed by atoms with Crippen LogP contribution in [0, 0.1) is 6.92 Å². The van der Waals surface area contributed by atoms with Crippen molar-refractivity contribution in [3.8, 4) is 0 Å². The van der Waals surface area contributed by atoms with Gasteiger partial charge in [0.2, 0.25) is 0 Å². The standard InChI is InChI=1S/C13H17N3/c1-9-11(8-14)7-10-5-4-6-12(16(2)3)13(10)15-9/h4-7H,8,14H2,1-3H3. The lowest BCUT2D eigenvalue weighted by molar-refractivity contribution is 1.02. The number of aryl methyl sites for hydroxylation is 1. The van der Waals surface area contributed by atoms with Gasteiger partial charge < -0.3 is 10.6 Å². The van der Waals surface area contributed by atoms with Crippen LogP contribution in [0.3, 0.4) is 0 Å². The van der Waals surface area contributed by atoms with E-state index < -0.39 is 0 Å². The molecule has 0 fully saturated rings. The van der Waals surface area contributed by atoms with E-state index in [1.54, 1.807) is 0 Å². The molecule has 1 aromatic heterocycles. The first-order valence-corrected chi connectivity index (χ1v) is 5.40. The zero-order valence-electron chi connectivity index (χ0n) is 9.99. The molecular weight excluding hydrogens is 198 g/mol. The fraction of sp³-hybridized carbons (Fsp3) is 0.308. The van der Waals surface area contributed by atoms with Crippen LogP contribution in [0.15, 0.2) is 24.3 Å². The molecule has 1 heterocycles. The smallest absolute Gasteiger partial charge is 0.0938 e. The summed E-state index contributed by atoms with van der Waals surface area (Å²) in [4.78, 5) is 6.73. The van der Waals surface area contributed by atoms with Gasteiger partial charge in [0, 0.05) is 31.7 Å². The molecular formula is C13H17N3. The highest BCUT2D eigenvalue weighted by atomic mass is 15.1. The molecule has 2 rings (SSSR count). The minimum absolute atomic E-state index is 0.543. The van der Waals surface area contributed by atoms with Crippen LogP contribution in [-0.2, 0) is 6.54 Å². The minimum atomic E-state index is 0.543. The molecule has 0 aliphatic carbocycles. The van der Waals surface area contributed by atoms with Gasteiger partial charge in [-0.1, -0.05) is 12.1 Å². The number of benzene rings is 1. The fourth-order valence-electron chi connectivity index (χ4n) is 1.89. The molecule has 0 radical (unpaired) electrons. The maximum Gasteiger partial charge on any atom is 0.0938 e. The van der Waals surface area contributed by atoms with Gasteiger partial charge in [-0.05, 0) is 24.6 Å². The number of fused-ring (bicyclic) bond motifs is 1. The van der Waals surface area contributed by atoms with Crippen LogP contribution in [0.5, 0.6) is 0 Å². The minimum Gasteiger partial charge on any atom is -0.376 e. The quantitative estimate of drug-likeness (QED) is 0.834. The third-order valence-corrected chi connectivity index (χ3v) is 2.82. The molecule has 0 unspecified atom stereocenters. The van der Waals surface area contributed by atoms with E-state index in [1.165, 1.54) is 0 Å². The molecule has 0 aliphatic rings. The third kappa shape index (κ3) is 1.74. The van der Waals surface area contributed by atoms with Crippen molar-refractivity contribution < 1.29 is 0 Å². The van der Waals surface area contributed by atoms with Crippen molar-refractivity contribution in [3.63, 3.8) is 0 Å². The van der Waals surface area contributed by atoms with E-state index in [9.17, 15) is 0 Å². The van der Waals surface area contributed by atoms with Gasteiger partial charge in [0.25, 0.3) is 0 Å². The van der Waals surface area contributed by atoms with Crippen LogP contribution in [0.25, 0.3) is 10.9 Å². The molecule has 0 spiro atoms. The van der Waals surface area contributed by atoms with Gasteiger partial charge >= 0.3 is 0 Å². The summed E-state index contributed by atoms with van der Waals surface area (Å²) in [6.45, 7) is 2.55. The molecule has 84 valence electrons. The molecule has 0 atom stereocenters. The number of hydrogen-bond donors (Lipinski definition) is 1. The Bertz CT molecular complexity index is 518. The van der Waals surface area contributed by atoms with E-state index in [4.69, 9.17) is 5.73 Å². The lowest BCUT2D eigenvalue weighted by Gasteiger charge is -2.15. The van der Waals surface area contributed by atoms with Gasteiger partial charge in [-0.25, -0.2) is 0 Å². The number of rotatable bonds is 2. The van der Waals surface area contributed by atoms with Gasteiger partial charge in [0.1, 0.15) is 0 Å². The van der Waals surface area contributed by atoms with Crippen LogP contribution in [0.1, 0.15) is 11.3 Å². The number of hydrogen-bond acceptors (Lipinski definition) is 3. The number of nitrogens with two attached hydrogens (primary N) is 1. The van der Waals surface area contributed by atoms with Crippen molar-refractivity contribution in [3.05, 3.63) is 35.5 Å². The Labute approximate surface area is 95.9 Å². The Morgan fingerprint density at radius 1 is 1.31 bits per heavy atom. The highest BCUT2D eigenvalue weighted by Crippen LogP contribution is 2.25. The van der Waals surface area contributed by atoms with E-state index in [-0.39, 0.29) is 0 Å². The predicted octanol–water partition coefficient (Wildman–Crippen LogP) is 2.07. The Hall–Kier alpha value is -1.61. The number of aromatic nitrogens is 1. The molecule has 2 aromatic rings. The summed E-state index contributed by atoms with van der Waals surface area (Å²) in [5, 5.41) is 1.15. The zero-order valence-corrected chi connectivity index (χ0v) is 9.99. The van der Waals surface area contributed by atoms with Crippen molar-refractivity contribution in [2.75, 3.05) is 19.0 Å². The van der Waals surface area contributed by atoms with Crippen LogP contribution in [0.2, 0.25) is 0 Å². The lowest BCUT2D eigenvalue weighted by Crippen LogP contribution is -2.10. The van der Waals surface area contributed by atoms with Gasteiger partial charge in [-0.3, -0.25) is 4.98 Å². The second-order valence-electron chi connectivity index (χ2n) is 4.18. The normalized spacial score (nSPS) is 10.8. The Morgan fingerprint density at radius 3 is 2.69 bits per heavy atom. The van der Waals surface area contributed by atoms with Crippen LogP contribution < -0.4 is 10.6 Å². The van der Waals surface area contributed by atoms with Gasteiger partial charge in [0.05, 0.1) is 11.2 Å². The Balaban J connectivity index is 2.74. The van der Waals surface area contributed by atoms with Gasteiger partial charge in [-0.15, -0.1) is 0 Å². The van der Waals surface area contributed by atoms with Crippen molar-refractivity contribution >= 4 is 16.6 Å². The average Bonchev–Trinajstić information content (AvgIpc) is 2.27. The molecule has 0 bridgehead atoms. The van der Waals surface area contributed by atoms with E-state index in [1.807, 2.05) is 21.0 Å². The van der Waals surface area contributed by atoms with Gasteiger partial charge in [0.15, 0.2) is 0 Å². The lowest BCUT2D eigenvalue weighted by atomic mass is 10.1. The highest BCUT2D eigenvalue weighted by molar-refractivity contribution is 5.91. The zero-order chi connectivity index (χ0) is 11.7. The van der Waals surface area contributed by atoms with Crippen molar-refractivity contribution in [2.45, 2.75) is 13.5 Å². The molecule has 0 saturated carbocycles. The average molecular weight is 215 g/mol. The van der Waals surface area contributed by atoms with Crippen LogP contribution >= 0.6 is 0 Å². The molecule has 0 aliphatic heterocycles. The first-order valence-electron chi connectivity index (χ1n) is 5.40. The SMILES string of the molecule is Cc1nc2c(N(C)C)cccc2cc1CN. The molecule has 3 nitrogen and oxygen atoms in total. The van der Waals surface area contributed by atoms with Crippen molar-refractivity contribution in [1.82, 2.24) is 4.98 Å². The second-order valence-corrected chi connectivity index (χ2v) is 4.18. The maximum atomic E-state index is 5.69. The highest BCUT2D eigenvalue weighted by Gasteiger charge is 2.06. The monoisotopic (exact) mass is 215 g/mol. The molecule has 0 amide bonds. The molecule has 0 saturated heterocycles. The summed E-state index contributed by atoms with van der Waals surface area (Å²) in [6.07, 6.45) is 0. The van der Waals surface area contributed by atoms with Crippen molar-refractivity contribution in [1.29, 1.82) is 0 Å². The van der Waals surface area contributed by atoms with Gasteiger partial charge in [-0.2, -0.15) is 0 Å². The number of pyridine rings is 1. The molecule has 3 heteroatoms. The largest absolute Gasteiger partial charge is 0.376 e. The summed E-state index contributed by atoms with van der Waals surface area (Å²) >= 11 is 0. The summed E-state index contributed by atoms with van der Waals surface area (Å²) < 4.78 is 0. The molecule has 1 aromatic carbocycles. The summed E-state index contributed by atoms with van der Waals surface area (Å²) in [7, 11) is 4.06. The first kappa shape index (κ1) is 10.9. The van der Waals surface area contributed by atoms with E-state index in [2.05, 4.69) is 34.1 Å². The summed E-state index contributed by atoms with van der Waals surface area (Å²) in [5.41, 5.74) is 10.0. The maximum absolute atomic E-state index is 5.69. The first-order chi connectivity index (χ1) is 7.63. The van der Waals surface area contributed by atoms with E-state index in [0.717, 1.165) is 27.8 Å². The van der Waals surface area contributed by atoms with E-state index >= 15 is 0 Å². The Morgan fingerprint density at radius 2 is 2.06 bits per heavy atom. The molecule has 2 N–H and O–H groups in total. The fourth-order valence-corrected chi connectivity index (χ4v) is 1.89. The summed E-state index contributed by atoms with van der Waals surface area (Å²) in [5.74, 6) is 0. The van der Waals surface area contributed by atoms with Crippen LogP contribution in [0.4, 0.5) is 5.69 Å².